The minimum absolute atomic E-state index is 0.599. The normalized spacial score (nSPS) is 21.1. The van der Waals surface area contributed by atoms with Crippen LogP contribution in [0.15, 0.2) is 36.1 Å². The van der Waals surface area contributed by atoms with E-state index >= 15 is 0 Å². The molecule has 0 amide bonds. The van der Waals surface area contributed by atoms with Gasteiger partial charge in [-0.2, -0.15) is 0 Å². The summed E-state index contributed by atoms with van der Waals surface area (Å²) in [6, 6.07) is 0. The average molecular weight is 222 g/mol. The van der Waals surface area contributed by atoms with Gasteiger partial charge >= 0.3 is 0 Å². The van der Waals surface area contributed by atoms with Crippen molar-refractivity contribution in [2.75, 3.05) is 0 Å². The molecular weight excluding hydrogens is 200 g/mol. The van der Waals surface area contributed by atoms with E-state index in [1.807, 2.05) is 0 Å². The maximum Gasteiger partial charge on any atom is 0.242 e. The second kappa shape index (κ2) is 4.39. The van der Waals surface area contributed by atoms with E-state index in [2.05, 4.69) is 45.8 Å². The molecule has 1 nitrogen and oxygen atoms in total. The van der Waals surface area contributed by atoms with Crippen molar-refractivity contribution in [2.45, 2.75) is 39.4 Å². The largest absolute Gasteiger partial charge is 0.545 e. The smallest absolute Gasteiger partial charge is 0.242 e. The molecule has 0 radical (unpaired) electrons. The van der Waals surface area contributed by atoms with Gasteiger partial charge < -0.3 is 4.43 Å². The van der Waals surface area contributed by atoms with Gasteiger partial charge in [-0.15, -0.1) is 0 Å². The van der Waals surface area contributed by atoms with Gasteiger partial charge in [0.1, 0.15) is 0 Å². The molecule has 1 aliphatic rings. The molecule has 1 atom stereocenters. The number of allylic oxidation sites excluding steroid dienone is 3. The van der Waals surface area contributed by atoms with Crippen LogP contribution >= 0.6 is 0 Å². The Morgan fingerprint density at radius 2 is 2.00 bits per heavy atom. The Labute approximate surface area is 94.7 Å². The van der Waals surface area contributed by atoms with E-state index in [1.54, 1.807) is 0 Å². The molecule has 0 spiro atoms. The fourth-order valence-corrected chi connectivity index (χ4v) is 2.63. The zero-order valence-corrected chi connectivity index (χ0v) is 11.4. The van der Waals surface area contributed by atoms with Crippen LogP contribution in [0.25, 0.3) is 0 Å². The second-order valence-electron chi connectivity index (χ2n) is 5.35. The fraction of sp³-hybridized carbons (Fsp3) is 0.538. The van der Waals surface area contributed by atoms with Crippen molar-refractivity contribution in [3.63, 3.8) is 0 Å². The van der Waals surface area contributed by atoms with Crippen LogP contribution in [-0.2, 0) is 4.43 Å². The first-order valence-corrected chi connectivity index (χ1v) is 8.93. The quantitative estimate of drug-likeness (QED) is 0.392. The van der Waals surface area contributed by atoms with Crippen molar-refractivity contribution in [2.24, 2.45) is 5.92 Å². The molecule has 0 aromatic heterocycles. The summed E-state index contributed by atoms with van der Waals surface area (Å²) in [5.41, 5.74) is 2.55. The highest BCUT2D eigenvalue weighted by atomic mass is 28.4. The molecule has 0 fully saturated rings. The molecule has 2 heteroatoms. The predicted octanol–water partition coefficient (Wildman–Crippen LogP) is 4.26. The zero-order valence-electron chi connectivity index (χ0n) is 10.4. The molecular formula is C13H22OSi. The summed E-state index contributed by atoms with van der Waals surface area (Å²) in [5.74, 6) is 1.49. The predicted molar refractivity (Wildman–Crippen MR) is 69.2 cm³/mol. The van der Waals surface area contributed by atoms with Crippen LogP contribution in [0.3, 0.4) is 0 Å². The minimum atomic E-state index is -1.50. The van der Waals surface area contributed by atoms with E-state index in [9.17, 15) is 0 Å². The molecule has 0 aromatic carbocycles. The lowest BCUT2D eigenvalue weighted by molar-refractivity contribution is 0.430. The summed E-state index contributed by atoms with van der Waals surface area (Å²) in [5, 5.41) is 0. The van der Waals surface area contributed by atoms with Gasteiger partial charge in [-0.05, 0) is 50.9 Å². The van der Waals surface area contributed by atoms with Crippen molar-refractivity contribution < 1.29 is 4.43 Å². The van der Waals surface area contributed by atoms with Gasteiger partial charge in [0.15, 0.2) is 0 Å². The maximum atomic E-state index is 5.90. The van der Waals surface area contributed by atoms with E-state index in [1.165, 1.54) is 11.1 Å². The molecule has 0 aromatic rings. The topological polar surface area (TPSA) is 9.23 Å². The lowest BCUT2D eigenvalue weighted by atomic mass is 9.98. The lowest BCUT2D eigenvalue weighted by Crippen LogP contribution is -2.25. The van der Waals surface area contributed by atoms with E-state index in [0.717, 1.165) is 18.6 Å². The van der Waals surface area contributed by atoms with Gasteiger partial charge in [0.25, 0.3) is 0 Å². The first kappa shape index (κ1) is 12.3. The SMILES string of the molecule is C=C(O[Si](C)(C)C)C1=CC[C@@H](C(=C)C)C1. The highest BCUT2D eigenvalue weighted by Gasteiger charge is 2.23. The van der Waals surface area contributed by atoms with Gasteiger partial charge in [-0.1, -0.05) is 24.8 Å². The molecule has 84 valence electrons. The Balaban J connectivity index is 2.54. The Morgan fingerprint density at radius 1 is 1.40 bits per heavy atom. The zero-order chi connectivity index (χ0) is 11.6. The van der Waals surface area contributed by atoms with Crippen molar-refractivity contribution in [3.05, 3.63) is 36.1 Å². The third-order valence-electron chi connectivity index (χ3n) is 2.60. The van der Waals surface area contributed by atoms with Crippen LogP contribution in [0.4, 0.5) is 0 Å². The molecule has 0 heterocycles. The van der Waals surface area contributed by atoms with E-state index in [0.29, 0.717) is 5.92 Å². The number of rotatable bonds is 4. The Morgan fingerprint density at radius 3 is 2.40 bits per heavy atom. The third-order valence-corrected chi connectivity index (χ3v) is 3.46. The van der Waals surface area contributed by atoms with Crippen LogP contribution in [0.2, 0.25) is 19.6 Å². The standard InChI is InChI=1S/C13H22OSi/c1-10(2)12-7-8-13(9-12)11(3)14-15(4,5)6/h8,12H,1,3,7,9H2,2,4-6H3/t12-/m1/s1. The summed E-state index contributed by atoms with van der Waals surface area (Å²) in [6.07, 6.45) is 4.40. The van der Waals surface area contributed by atoms with Crippen LogP contribution in [0.5, 0.6) is 0 Å². The van der Waals surface area contributed by atoms with Gasteiger partial charge in [-0.25, -0.2) is 0 Å². The van der Waals surface area contributed by atoms with Crippen molar-refractivity contribution in [1.29, 1.82) is 0 Å². The highest BCUT2D eigenvalue weighted by Crippen LogP contribution is 2.34. The maximum absolute atomic E-state index is 5.90. The van der Waals surface area contributed by atoms with Crippen LogP contribution in [-0.4, -0.2) is 8.32 Å². The first-order chi connectivity index (χ1) is 6.79. The van der Waals surface area contributed by atoms with Gasteiger partial charge in [0.2, 0.25) is 8.32 Å². The molecule has 0 saturated heterocycles. The van der Waals surface area contributed by atoms with Gasteiger partial charge in [0, 0.05) is 0 Å². The van der Waals surface area contributed by atoms with Crippen LogP contribution in [0, 0.1) is 5.92 Å². The lowest BCUT2D eigenvalue weighted by Gasteiger charge is -2.22. The van der Waals surface area contributed by atoms with E-state index < -0.39 is 8.32 Å². The monoisotopic (exact) mass is 222 g/mol. The third kappa shape index (κ3) is 3.71. The number of hydrogen-bond acceptors (Lipinski definition) is 1. The molecule has 0 bridgehead atoms. The second-order valence-corrected chi connectivity index (χ2v) is 9.78. The summed E-state index contributed by atoms with van der Waals surface area (Å²) >= 11 is 0. The van der Waals surface area contributed by atoms with E-state index in [-0.39, 0.29) is 0 Å². The Kier molecular flexibility index (Phi) is 3.61. The molecule has 1 rings (SSSR count). The average Bonchev–Trinajstić information content (AvgIpc) is 2.47. The van der Waals surface area contributed by atoms with Crippen LogP contribution < -0.4 is 0 Å². The molecule has 0 N–H and O–H groups in total. The Hall–Kier alpha value is -0.763. The molecule has 0 aliphatic heterocycles. The molecule has 0 saturated carbocycles. The van der Waals surface area contributed by atoms with Crippen LogP contribution in [0.1, 0.15) is 19.8 Å². The Bertz CT molecular complexity index is 307. The van der Waals surface area contributed by atoms with E-state index in [4.69, 9.17) is 4.43 Å². The van der Waals surface area contributed by atoms with Gasteiger partial charge in [0.05, 0.1) is 5.76 Å². The summed E-state index contributed by atoms with van der Waals surface area (Å²) in [6.45, 7) is 16.7. The van der Waals surface area contributed by atoms with Gasteiger partial charge in [-0.3, -0.25) is 0 Å². The fourth-order valence-electron chi connectivity index (χ4n) is 1.75. The summed E-state index contributed by atoms with van der Waals surface area (Å²) in [7, 11) is -1.50. The summed E-state index contributed by atoms with van der Waals surface area (Å²) in [4.78, 5) is 0. The molecule has 0 unspecified atom stereocenters. The van der Waals surface area contributed by atoms with Crippen molar-refractivity contribution >= 4 is 8.32 Å². The van der Waals surface area contributed by atoms with Crippen molar-refractivity contribution in [1.82, 2.24) is 0 Å². The van der Waals surface area contributed by atoms with Crippen molar-refractivity contribution in [3.8, 4) is 0 Å². The number of hydrogen-bond donors (Lipinski definition) is 0. The summed E-state index contributed by atoms with van der Waals surface area (Å²) < 4.78 is 5.90. The first-order valence-electron chi connectivity index (χ1n) is 5.52. The molecule has 1 aliphatic carbocycles. The highest BCUT2D eigenvalue weighted by molar-refractivity contribution is 6.70. The minimum Gasteiger partial charge on any atom is -0.545 e. The molecule has 15 heavy (non-hydrogen) atoms.